The number of fused-ring (bicyclic) bond motifs is 2. The number of aromatic nitrogens is 5. The maximum Gasteiger partial charge on any atom is 0.281 e. The predicted octanol–water partition coefficient (Wildman–Crippen LogP) is 4.16. The van der Waals surface area contributed by atoms with Crippen LogP contribution in [0.3, 0.4) is 0 Å². The lowest BCUT2D eigenvalue weighted by molar-refractivity contribution is 0.0532. The summed E-state index contributed by atoms with van der Waals surface area (Å²) in [5, 5.41) is 5.48. The van der Waals surface area contributed by atoms with Gasteiger partial charge in [-0.15, -0.1) is 5.10 Å². The number of anilines is 1. The normalized spacial score (nSPS) is 17.4. The van der Waals surface area contributed by atoms with Crippen LogP contribution in [0.5, 0.6) is 0 Å². The quantitative estimate of drug-likeness (QED) is 0.455. The van der Waals surface area contributed by atoms with E-state index in [0.29, 0.717) is 29.0 Å². The summed E-state index contributed by atoms with van der Waals surface area (Å²) in [5.41, 5.74) is 1.83. The molecule has 0 amide bonds. The molecule has 0 aromatic carbocycles. The third-order valence-corrected chi connectivity index (χ3v) is 5.35. The monoisotopic (exact) mass is 430 g/mol. The minimum atomic E-state index is -2.72. The number of hydrogen-bond acceptors (Lipinski definition) is 6. The van der Waals surface area contributed by atoms with Crippen LogP contribution >= 0.6 is 11.6 Å². The second-order valence-electron chi connectivity index (χ2n) is 7.16. The van der Waals surface area contributed by atoms with Crippen LogP contribution < -0.4 is 4.90 Å². The van der Waals surface area contributed by atoms with Crippen molar-refractivity contribution in [3.8, 4) is 11.4 Å². The van der Waals surface area contributed by atoms with Crippen LogP contribution in [-0.2, 0) is 4.74 Å². The number of ether oxygens (including phenoxy) is 1. The van der Waals surface area contributed by atoms with E-state index in [4.69, 9.17) is 16.3 Å². The number of rotatable bonds is 3. The summed E-state index contributed by atoms with van der Waals surface area (Å²) in [4.78, 5) is 14.7. The Labute approximate surface area is 175 Å². The van der Waals surface area contributed by atoms with Crippen molar-refractivity contribution in [1.82, 2.24) is 24.6 Å². The average molecular weight is 431 g/mol. The number of alkyl halides is 2. The van der Waals surface area contributed by atoms with Gasteiger partial charge in [0, 0.05) is 41.8 Å². The Morgan fingerprint density at radius 2 is 2.07 bits per heavy atom. The Morgan fingerprint density at radius 3 is 2.87 bits per heavy atom. The molecule has 1 saturated heterocycles. The lowest BCUT2D eigenvalue weighted by atomic mass is 10.1. The lowest BCUT2D eigenvalue weighted by Crippen LogP contribution is -2.41. The van der Waals surface area contributed by atoms with Crippen molar-refractivity contribution in [2.45, 2.75) is 19.5 Å². The molecule has 10 heteroatoms. The second-order valence-corrected chi connectivity index (χ2v) is 7.55. The van der Waals surface area contributed by atoms with Crippen molar-refractivity contribution >= 4 is 33.7 Å². The molecule has 0 spiro atoms. The smallest absolute Gasteiger partial charge is 0.281 e. The van der Waals surface area contributed by atoms with Crippen LogP contribution in [0.4, 0.5) is 14.5 Å². The molecule has 1 aliphatic heterocycles. The zero-order valence-electron chi connectivity index (χ0n) is 16.0. The fourth-order valence-corrected chi connectivity index (χ4v) is 3.87. The molecule has 4 aromatic rings. The summed E-state index contributed by atoms with van der Waals surface area (Å²) in [7, 11) is 0. The van der Waals surface area contributed by atoms with Crippen LogP contribution in [0.2, 0.25) is 5.15 Å². The highest BCUT2D eigenvalue weighted by molar-refractivity contribution is 6.30. The van der Waals surface area contributed by atoms with E-state index < -0.39 is 6.43 Å². The van der Waals surface area contributed by atoms with E-state index in [2.05, 4.69) is 25.0 Å². The van der Waals surface area contributed by atoms with Gasteiger partial charge in [0.1, 0.15) is 10.8 Å². The molecule has 0 saturated carbocycles. The van der Waals surface area contributed by atoms with Crippen LogP contribution in [0.1, 0.15) is 19.0 Å². The Kier molecular flexibility index (Phi) is 4.71. The fraction of sp³-hybridized carbons (Fsp3) is 0.300. The Morgan fingerprint density at radius 1 is 1.20 bits per heavy atom. The summed E-state index contributed by atoms with van der Waals surface area (Å²) in [6.45, 7) is 4.30. The largest absolute Gasteiger partial charge is 0.375 e. The van der Waals surface area contributed by atoms with Crippen molar-refractivity contribution in [3.63, 3.8) is 0 Å². The third kappa shape index (κ3) is 3.33. The summed E-state index contributed by atoms with van der Waals surface area (Å²) >= 11 is 6.03. The van der Waals surface area contributed by atoms with Gasteiger partial charge in [-0.1, -0.05) is 11.6 Å². The molecule has 5 rings (SSSR count). The van der Waals surface area contributed by atoms with E-state index in [1.807, 2.05) is 25.3 Å². The van der Waals surface area contributed by atoms with Crippen molar-refractivity contribution in [2.24, 2.45) is 0 Å². The molecule has 4 aromatic heterocycles. The summed E-state index contributed by atoms with van der Waals surface area (Å²) in [6.07, 6.45) is 2.01. The van der Waals surface area contributed by atoms with Gasteiger partial charge in [-0.3, -0.25) is 4.98 Å². The maximum atomic E-state index is 13.4. The first-order valence-corrected chi connectivity index (χ1v) is 9.83. The number of hydrogen-bond donors (Lipinski definition) is 0. The SMILES string of the molecule is C[C@H]1CN(c2ccc3nc(-c4cnc(C(F)F)c5cnc(Cl)cc45)nn3c2)CCO1. The first kappa shape index (κ1) is 19.1. The van der Waals surface area contributed by atoms with Gasteiger partial charge in [0.15, 0.2) is 11.5 Å². The van der Waals surface area contributed by atoms with Crippen LogP contribution in [0, 0.1) is 0 Å². The standard InChI is InChI=1S/C20H17ClF2N6O/c1-11-9-28(4-5-30-11)12-2-3-17-26-20(27-29(17)10-12)15-8-25-18(19(22)23)14-7-24-16(21)6-13(14)15/h2-3,6-8,10-11,19H,4-5,9H2,1H3/t11-/m0/s1. The number of morpholine rings is 1. The number of nitrogens with zero attached hydrogens (tertiary/aromatic N) is 6. The minimum absolute atomic E-state index is 0.157. The minimum Gasteiger partial charge on any atom is -0.375 e. The van der Waals surface area contributed by atoms with Gasteiger partial charge in [0.05, 0.1) is 24.6 Å². The van der Waals surface area contributed by atoms with Crippen molar-refractivity contribution in [3.05, 3.63) is 47.6 Å². The third-order valence-electron chi connectivity index (χ3n) is 5.14. The van der Waals surface area contributed by atoms with Crippen molar-refractivity contribution in [1.29, 1.82) is 0 Å². The molecule has 1 atom stereocenters. The van der Waals surface area contributed by atoms with Crippen LogP contribution in [-0.4, -0.2) is 50.4 Å². The summed E-state index contributed by atoms with van der Waals surface area (Å²) < 4.78 is 34.0. The number of pyridine rings is 3. The molecular formula is C20H17ClF2N6O. The van der Waals surface area contributed by atoms with Gasteiger partial charge >= 0.3 is 0 Å². The highest BCUT2D eigenvalue weighted by Crippen LogP contribution is 2.33. The van der Waals surface area contributed by atoms with Gasteiger partial charge in [0.25, 0.3) is 6.43 Å². The first-order chi connectivity index (χ1) is 14.5. The maximum absolute atomic E-state index is 13.4. The number of halogens is 3. The van der Waals surface area contributed by atoms with E-state index in [0.717, 1.165) is 18.8 Å². The zero-order chi connectivity index (χ0) is 20.8. The van der Waals surface area contributed by atoms with Gasteiger partial charge in [-0.2, -0.15) is 0 Å². The summed E-state index contributed by atoms with van der Waals surface area (Å²) in [5.74, 6) is 0.378. The molecule has 0 aliphatic carbocycles. The summed E-state index contributed by atoms with van der Waals surface area (Å²) in [6, 6.07) is 5.40. The lowest BCUT2D eigenvalue weighted by Gasteiger charge is -2.32. The van der Waals surface area contributed by atoms with Gasteiger partial charge in [0.2, 0.25) is 0 Å². The molecule has 0 unspecified atom stereocenters. The van der Waals surface area contributed by atoms with Crippen molar-refractivity contribution < 1.29 is 13.5 Å². The van der Waals surface area contributed by atoms with E-state index in [1.165, 1.54) is 18.5 Å². The average Bonchev–Trinajstić information content (AvgIpc) is 3.15. The van der Waals surface area contributed by atoms with Gasteiger partial charge < -0.3 is 9.64 Å². The van der Waals surface area contributed by atoms with E-state index >= 15 is 0 Å². The van der Waals surface area contributed by atoms with E-state index in [1.54, 1.807) is 4.52 Å². The topological polar surface area (TPSA) is 68.4 Å². The molecule has 1 fully saturated rings. The Balaban J connectivity index is 1.60. The molecular weight excluding hydrogens is 414 g/mol. The van der Waals surface area contributed by atoms with E-state index in [9.17, 15) is 8.78 Å². The van der Waals surface area contributed by atoms with Crippen molar-refractivity contribution in [2.75, 3.05) is 24.6 Å². The Bertz CT molecular complexity index is 1250. The predicted molar refractivity (Wildman–Crippen MR) is 109 cm³/mol. The highest BCUT2D eigenvalue weighted by atomic mass is 35.5. The highest BCUT2D eigenvalue weighted by Gasteiger charge is 2.20. The molecule has 0 N–H and O–H groups in total. The molecule has 30 heavy (non-hydrogen) atoms. The van der Waals surface area contributed by atoms with Gasteiger partial charge in [-0.25, -0.2) is 23.3 Å². The van der Waals surface area contributed by atoms with Gasteiger partial charge in [-0.05, 0) is 25.1 Å². The Hall–Kier alpha value is -2.91. The zero-order valence-corrected chi connectivity index (χ0v) is 16.7. The fourth-order valence-electron chi connectivity index (χ4n) is 3.71. The molecule has 5 heterocycles. The molecule has 0 radical (unpaired) electrons. The van der Waals surface area contributed by atoms with Crippen LogP contribution in [0.15, 0.2) is 36.8 Å². The molecule has 1 aliphatic rings. The molecule has 0 bridgehead atoms. The molecule has 7 nitrogen and oxygen atoms in total. The molecule has 154 valence electrons. The van der Waals surface area contributed by atoms with Crippen LogP contribution in [0.25, 0.3) is 27.8 Å². The first-order valence-electron chi connectivity index (χ1n) is 9.45. The second kappa shape index (κ2) is 7.41. The van der Waals surface area contributed by atoms with E-state index in [-0.39, 0.29) is 22.3 Å².